The van der Waals surface area contributed by atoms with E-state index >= 15 is 0 Å². The first-order valence-corrected chi connectivity index (χ1v) is 6.41. The zero-order valence-electron chi connectivity index (χ0n) is 11.5. The second-order valence-electron chi connectivity index (χ2n) is 4.19. The molecule has 1 aromatic heterocycles. The Hall–Kier alpha value is -2.89. The van der Waals surface area contributed by atoms with E-state index in [4.69, 9.17) is 10.5 Å². The zero-order chi connectivity index (χ0) is 15.2. The van der Waals surface area contributed by atoms with Crippen LogP contribution >= 0.6 is 0 Å². The van der Waals surface area contributed by atoms with E-state index in [9.17, 15) is 9.59 Å². The van der Waals surface area contributed by atoms with Crippen molar-refractivity contribution in [3.63, 3.8) is 0 Å². The van der Waals surface area contributed by atoms with Crippen molar-refractivity contribution in [1.29, 1.82) is 0 Å². The van der Waals surface area contributed by atoms with Crippen LogP contribution in [0.15, 0.2) is 42.6 Å². The number of nitrogens with two attached hydrogens (primary N) is 1. The Morgan fingerprint density at radius 2 is 2.00 bits per heavy atom. The summed E-state index contributed by atoms with van der Waals surface area (Å²) in [4.78, 5) is 27.4. The minimum Gasteiger partial charge on any atom is -0.476 e. The first-order valence-electron chi connectivity index (χ1n) is 6.41. The minimum atomic E-state index is -0.582. The minimum absolute atomic E-state index is 0.277. The second kappa shape index (κ2) is 6.51. The number of anilines is 1. The number of aromatic nitrogens is 1. The number of amides is 2. The Labute approximate surface area is 121 Å². The van der Waals surface area contributed by atoms with Crippen LogP contribution in [0.4, 0.5) is 5.69 Å². The Morgan fingerprint density at radius 1 is 1.24 bits per heavy atom. The van der Waals surface area contributed by atoms with Gasteiger partial charge in [0, 0.05) is 17.3 Å². The molecule has 0 unspecified atom stereocenters. The van der Waals surface area contributed by atoms with Gasteiger partial charge in [0.05, 0.1) is 6.61 Å². The molecule has 0 bridgehead atoms. The fraction of sp³-hybridized carbons (Fsp3) is 0.133. The molecular weight excluding hydrogens is 270 g/mol. The van der Waals surface area contributed by atoms with Crippen LogP contribution in [0.3, 0.4) is 0 Å². The van der Waals surface area contributed by atoms with Crippen molar-refractivity contribution in [2.45, 2.75) is 6.92 Å². The summed E-state index contributed by atoms with van der Waals surface area (Å²) in [6.45, 7) is 2.27. The van der Waals surface area contributed by atoms with Crippen LogP contribution in [0.2, 0.25) is 0 Å². The highest BCUT2D eigenvalue weighted by Crippen LogP contribution is 2.21. The van der Waals surface area contributed by atoms with E-state index in [0.717, 1.165) is 0 Å². The van der Waals surface area contributed by atoms with E-state index in [1.807, 2.05) is 6.92 Å². The molecule has 2 rings (SSSR count). The van der Waals surface area contributed by atoms with Gasteiger partial charge in [-0.1, -0.05) is 6.07 Å². The number of nitrogens with zero attached hydrogens (tertiary/aromatic N) is 1. The summed E-state index contributed by atoms with van der Waals surface area (Å²) in [5.74, 6) is -0.604. The molecule has 6 nitrogen and oxygen atoms in total. The standard InChI is InChI=1S/C15H15N3O3/c1-2-21-15-12(7-4-8-17-15)18-14(20)11-6-3-5-10(9-11)13(16)19/h3-9H,2H2,1H3,(H2,16,19)(H,18,20). The van der Waals surface area contributed by atoms with Crippen molar-refractivity contribution in [2.24, 2.45) is 5.73 Å². The van der Waals surface area contributed by atoms with Gasteiger partial charge in [-0.05, 0) is 37.3 Å². The van der Waals surface area contributed by atoms with Gasteiger partial charge in [0.1, 0.15) is 5.69 Å². The van der Waals surface area contributed by atoms with Gasteiger partial charge in [0.25, 0.3) is 5.91 Å². The quantitative estimate of drug-likeness (QED) is 0.876. The summed E-state index contributed by atoms with van der Waals surface area (Å²) in [5.41, 5.74) is 6.27. The molecule has 3 N–H and O–H groups in total. The molecular formula is C15H15N3O3. The molecule has 0 radical (unpaired) electrons. The van der Waals surface area contributed by atoms with Crippen molar-refractivity contribution >= 4 is 17.5 Å². The third-order valence-electron chi connectivity index (χ3n) is 2.71. The summed E-state index contributed by atoms with van der Waals surface area (Å²) in [5, 5.41) is 2.70. The third kappa shape index (κ3) is 3.56. The number of pyridine rings is 1. The normalized spacial score (nSPS) is 9.95. The molecule has 0 saturated heterocycles. The molecule has 0 aliphatic heterocycles. The average Bonchev–Trinajstić information content (AvgIpc) is 2.49. The molecule has 0 atom stereocenters. The maximum absolute atomic E-state index is 12.2. The van der Waals surface area contributed by atoms with E-state index < -0.39 is 5.91 Å². The lowest BCUT2D eigenvalue weighted by atomic mass is 10.1. The van der Waals surface area contributed by atoms with Gasteiger partial charge in [-0.3, -0.25) is 9.59 Å². The molecule has 108 valence electrons. The van der Waals surface area contributed by atoms with E-state index in [1.165, 1.54) is 6.07 Å². The first kappa shape index (κ1) is 14.5. The maximum Gasteiger partial charge on any atom is 0.255 e. The van der Waals surface area contributed by atoms with Crippen molar-refractivity contribution in [1.82, 2.24) is 4.98 Å². The largest absolute Gasteiger partial charge is 0.476 e. The number of carbonyl (C=O) groups is 2. The molecule has 0 aliphatic carbocycles. The number of benzene rings is 1. The molecule has 2 aromatic rings. The molecule has 1 heterocycles. The lowest BCUT2D eigenvalue weighted by Gasteiger charge is -2.10. The van der Waals surface area contributed by atoms with Crippen molar-refractivity contribution in [3.8, 4) is 5.88 Å². The van der Waals surface area contributed by atoms with E-state index in [1.54, 1.807) is 36.5 Å². The molecule has 0 fully saturated rings. The molecule has 0 saturated carbocycles. The monoisotopic (exact) mass is 285 g/mol. The number of carbonyl (C=O) groups excluding carboxylic acids is 2. The SMILES string of the molecule is CCOc1ncccc1NC(=O)c1cccc(C(N)=O)c1. The Balaban J connectivity index is 2.22. The van der Waals surface area contributed by atoms with Gasteiger partial charge in [0.2, 0.25) is 11.8 Å². The topological polar surface area (TPSA) is 94.3 Å². The number of hydrogen-bond donors (Lipinski definition) is 2. The highest BCUT2D eigenvalue weighted by Gasteiger charge is 2.12. The van der Waals surface area contributed by atoms with Crippen molar-refractivity contribution in [2.75, 3.05) is 11.9 Å². The smallest absolute Gasteiger partial charge is 0.255 e. The van der Waals surface area contributed by atoms with Crippen LogP contribution in [-0.2, 0) is 0 Å². The van der Waals surface area contributed by atoms with Gasteiger partial charge in [-0.15, -0.1) is 0 Å². The predicted octanol–water partition coefficient (Wildman–Crippen LogP) is 1.83. The van der Waals surface area contributed by atoms with Crippen LogP contribution in [0.1, 0.15) is 27.6 Å². The third-order valence-corrected chi connectivity index (χ3v) is 2.71. The van der Waals surface area contributed by atoms with E-state index in [2.05, 4.69) is 10.3 Å². The Morgan fingerprint density at radius 3 is 2.71 bits per heavy atom. The lowest BCUT2D eigenvalue weighted by Crippen LogP contribution is -2.16. The molecule has 6 heteroatoms. The summed E-state index contributed by atoms with van der Waals surface area (Å²) in [6, 6.07) is 9.56. The fourth-order valence-corrected chi connectivity index (χ4v) is 1.75. The van der Waals surface area contributed by atoms with Gasteiger partial charge in [-0.2, -0.15) is 0 Å². The van der Waals surface area contributed by atoms with E-state index in [-0.39, 0.29) is 11.5 Å². The highest BCUT2D eigenvalue weighted by molar-refractivity contribution is 6.06. The summed E-state index contributed by atoms with van der Waals surface area (Å²) in [6.07, 6.45) is 1.58. The number of primary amides is 1. The molecule has 21 heavy (non-hydrogen) atoms. The van der Waals surface area contributed by atoms with Gasteiger partial charge in [0.15, 0.2) is 0 Å². The first-order chi connectivity index (χ1) is 10.1. The van der Waals surface area contributed by atoms with Crippen LogP contribution in [-0.4, -0.2) is 23.4 Å². The molecule has 1 aromatic carbocycles. The van der Waals surface area contributed by atoms with Crippen LogP contribution < -0.4 is 15.8 Å². The number of hydrogen-bond acceptors (Lipinski definition) is 4. The van der Waals surface area contributed by atoms with Gasteiger partial charge in [-0.25, -0.2) is 4.98 Å². The number of nitrogens with one attached hydrogen (secondary N) is 1. The zero-order valence-corrected chi connectivity index (χ0v) is 11.5. The lowest BCUT2D eigenvalue weighted by molar-refractivity contribution is 0.1000. The molecule has 0 aliphatic rings. The van der Waals surface area contributed by atoms with E-state index in [0.29, 0.717) is 23.7 Å². The summed E-state index contributed by atoms with van der Waals surface area (Å²) < 4.78 is 5.34. The maximum atomic E-state index is 12.2. The van der Waals surface area contributed by atoms with Crippen LogP contribution in [0.5, 0.6) is 5.88 Å². The van der Waals surface area contributed by atoms with Gasteiger partial charge >= 0.3 is 0 Å². The van der Waals surface area contributed by atoms with Crippen LogP contribution in [0, 0.1) is 0 Å². The number of rotatable bonds is 5. The summed E-state index contributed by atoms with van der Waals surface area (Å²) >= 11 is 0. The Kier molecular flexibility index (Phi) is 4.50. The van der Waals surface area contributed by atoms with Gasteiger partial charge < -0.3 is 15.8 Å². The fourth-order valence-electron chi connectivity index (χ4n) is 1.75. The average molecular weight is 285 g/mol. The molecule has 2 amide bonds. The second-order valence-corrected chi connectivity index (χ2v) is 4.19. The van der Waals surface area contributed by atoms with Crippen LogP contribution in [0.25, 0.3) is 0 Å². The van der Waals surface area contributed by atoms with Crippen molar-refractivity contribution < 1.29 is 14.3 Å². The highest BCUT2D eigenvalue weighted by atomic mass is 16.5. The van der Waals surface area contributed by atoms with Crippen molar-refractivity contribution in [3.05, 3.63) is 53.7 Å². The predicted molar refractivity (Wildman–Crippen MR) is 78.3 cm³/mol. The Bertz CT molecular complexity index is 671. The molecule has 0 spiro atoms. The summed E-state index contributed by atoms with van der Waals surface area (Å²) in [7, 11) is 0. The number of ether oxygens (including phenoxy) is 1.